The van der Waals surface area contributed by atoms with Crippen LogP contribution in [0.5, 0.6) is 0 Å². The third-order valence-electron chi connectivity index (χ3n) is 2.92. The molecule has 0 aromatic rings. The molecule has 1 aliphatic heterocycles. The Labute approximate surface area is 74.8 Å². The third kappa shape index (κ3) is 1.38. The molecule has 1 aliphatic rings. The van der Waals surface area contributed by atoms with Crippen LogP contribution >= 0.6 is 0 Å². The molecule has 0 saturated heterocycles. The number of aliphatic imine (C=N–C) groups is 1. The maximum Gasteiger partial charge on any atom is 0.123 e. The minimum absolute atomic E-state index is 0.413. The van der Waals surface area contributed by atoms with Crippen molar-refractivity contribution in [2.24, 2.45) is 10.9 Å². The zero-order valence-corrected chi connectivity index (χ0v) is 8.60. The molecule has 0 bridgehead atoms. The van der Waals surface area contributed by atoms with E-state index in [0.717, 1.165) is 5.84 Å². The second-order valence-electron chi connectivity index (χ2n) is 3.56. The van der Waals surface area contributed by atoms with Crippen LogP contribution < -0.4 is 5.32 Å². The number of hydrogen-bond donors (Lipinski definition) is 1. The lowest BCUT2D eigenvalue weighted by atomic mass is 9.89. The third-order valence-corrected chi connectivity index (χ3v) is 2.92. The SMILES string of the molecule is CNC1=NC(C)C(C)C(C)=C1C. The van der Waals surface area contributed by atoms with E-state index in [1.807, 2.05) is 7.05 Å². The molecule has 0 radical (unpaired) electrons. The predicted octanol–water partition coefficient (Wildman–Crippen LogP) is 1.98. The van der Waals surface area contributed by atoms with E-state index in [1.54, 1.807) is 0 Å². The largest absolute Gasteiger partial charge is 0.373 e. The summed E-state index contributed by atoms with van der Waals surface area (Å²) in [6.45, 7) is 8.73. The summed E-state index contributed by atoms with van der Waals surface area (Å²) in [5.41, 5.74) is 2.77. The summed E-state index contributed by atoms with van der Waals surface area (Å²) >= 11 is 0. The van der Waals surface area contributed by atoms with E-state index in [4.69, 9.17) is 0 Å². The van der Waals surface area contributed by atoms with E-state index in [0.29, 0.717) is 12.0 Å². The number of likely N-dealkylation sites (N-methyl/N-ethyl adjacent to an activating group) is 1. The van der Waals surface area contributed by atoms with E-state index in [1.165, 1.54) is 11.1 Å². The van der Waals surface area contributed by atoms with Crippen molar-refractivity contribution in [3.8, 4) is 0 Å². The second-order valence-corrected chi connectivity index (χ2v) is 3.56. The summed E-state index contributed by atoms with van der Waals surface area (Å²) in [6, 6.07) is 0.413. The van der Waals surface area contributed by atoms with Gasteiger partial charge in [0.15, 0.2) is 0 Å². The zero-order chi connectivity index (χ0) is 9.30. The Morgan fingerprint density at radius 3 is 2.33 bits per heavy atom. The van der Waals surface area contributed by atoms with Crippen LogP contribution in [0.1, 0.15) is 27.7 Å². The maximum atomic E-state index is 4.56. The molecule has 0 saturated carbocycles. The number of nitrogens with zero attached hydrogens (tertiary/aromatic N) is 1. The van der Waals surface area contributed by atoms with Crippen molar-refractivity contribution in [3.05, 3.63) is 11.1 Å². The van der Waals surface area contributed by atoms with Crippen LogP contribution in [0.4, 0.5) is 0 Å². The highest BCUT2D eigenvalue weighted by Crippen LogP contribution is 2.25. The summed E-state index contributed by atoms with van der Waals surface area (Å²) in [6.07, 6.45) is 0. The van der Waals surface area contributed by atoms with Gasteiger partial charge in [0.05, 0.1) is 6.04 Å². The predicted molar refractivity (Wildman–Crippen MR) is 53.5 cm³/mol. The monoisotopic (exact) mass is 166 g/mol. The van der Waals surface area contributed by atoms with Gasteiger partial charge in [-0.25, -0.2) is 0 Å². The fourth-order valence-corrected chi connectivity index (χ4v) is 1.55. The highest BCUT2D eigenvalue weighted by Gasteiger charge is 2.21. The number of dihydropyridines is 1. The van der Waals surface area contributed by atoms with Crippen LogP contribution in [0.2, 0.25) is 0 Å². The molecule has 1 rings (SSSR count). The normalized spacial score (nSPS) is 30.2. The van der Waals surface area contributed by atoms with Gasteiger partial charge in [-0.05, 0) is 32.3 Å². The second kappa shape index (κ2) is 3.30. The van der Waals surface area contributed by atoms with E-state index in [9.17, 15) is 0 Å². The van der Waals surface area contributed by atoms with Gasteiger partial charge in [-0.15, -0.1) is 0 Å². The molecule has 0 aromatic heterocycles. The standard InChI is InChI=1S/C10H18N2/c1-6-7(2)9(4)12-10(11-5)8(6)3/h7,9H,1-5H3,(H,11,12). The van der Waals surface area contributed by atoms with Gasteiger partial charge < -0.3 is 5.32 Å². The average Bonchev–Trinajstić information content (AvgIpc) is 2.08. The molecular formula is C10H18N2. The molecule has 1 N–H and O–H groups in total. The van der Waals surface area contributed by atoms with E-state index >= 15 is 0 Å². The Morgan fingerprint density at radius 1 is 1.25 bits per heavy atom. The van der Waals surface area contributed by atoms with Crippen LogP contribution in [0.3, 0.4) is 0 Å². The molecule has 0 amide bonds. The van der Waals surface area contributed by atoms with Gasteiger partial charge in [0.25, 0.3) is 0 Å². The fourth-order valence-electron chi connectivity index (χ4n) is 1.55. The van der Waals surface area contributed by atoms with Gasteiger partial charge in [0.2, 0.25) is 0 Å². The van der Waals surface area contributed by atoms with Crippen molar-refractivity contribution >= 4 is 5.84 Å². The highest BCUT2D eigenvalue weighted by atomic mass is 15.0. The van der Waals surface area contributed by atoms with E-state index in [2.05, 4.69) is 38.0 Å². The first-order valence-electron chi connectivity index (χ1n) is 4.51. The molecular weight excluding hydrogens is 148 g/mol. The molecule has 12 heavy (non-hydrogen) atoms. The van der Waals surface area contributed by atoms with Crippen molar-refractivity contribution in [2.75, 3.05) is 7.05 Å². The maximum absolute atomic E-state index is 4.56. The van der Waals surface area contributed by atoms with Crippen LogP contribution in [0.15, 0.2) is 16.1 Å². The Morgan fingerprint density at radius 2 is 1.83 bits per heavy atom. The number of hydrogen-bond acceptors (Lipinski definition) is 2. The summed E-state index contributed by atoms with van der Waals surface area (Å²) in [4.78, 5) is 4.56. The Kier molecular flexibility index (Phi) is 2.55. The number of rotatable bonds is 0. The van der Waals surface area contributed by atoms with E-state index < -0.39 is 0 Å². The van der Waals surface area contributed by atoms with E-state index in [-0.39, 0.29) is 0 Å². The minimum Gasteiger partial charge on any atom is -0.373 e. The molecule has 2 atom stereocenters. The minimum atomic E-state index is 0.413. The summed E-state index contributed by atoms with van der Waals surface area (Å²) in [5, 5.41) is 3.13. The summed E-state index contributed by atoms with van der Waals surface area (Å²) in [5.74, 6) is 1.64. The smallest absolute Gasteiger partial charge is 0.123 e. The van der Waals surface area contributed by atoms with Gasteiger partial charge >= 0.3 is 0 Å². The molecule has 0 aliphatic carbocycles. The quantitative estimate of drug-likeness (QED) is 0.584. The molecule has 2 nitrogen and oxygen atoms in total. The van der Waals surface area contributed by atoms with Gasteiger partial charge in [0.1, 0.15) is 5.84 Å². The Balaban J connectivity index is 3.00. The molecule has 68 valence electrons. The van der Waals surface area contributed by atoms with Crippen molar-refractivity contribution in [1.82, 2.24) is 5.32 Å². The first-order valence-corrected chi connectivity index (χ1v) is 4.51. The van der Waals surface area contributed by atoms with Gasteiger partial charge in [-0.1, -0.05) is 12.5 Å². The summed E-state index contributed by atoms with van der Waals surface area (Å²) < 4.78 is 0. The van der Waals surface area contributed by atoms with Crippen molar-refractivity contribution in [1.29, 1.82) is 0 Å². The summed E-state index contributed by atoms with van der Waals surface area (Å²) in [7, 11) is 1.93. The molecule has 2 unspecified atom stereocenters. The lowest BCUT2D eigenvalue weighted by Crippen LogP contribution is -2.30. The molecule has 0 spiro atoms. The first-order chi connectivity index (χ1) is 5.57. The molecule has 1 heterocycles. The lowest BCUT2D eigenvalue weighted by molar-refractivity contribution is 0.541. The lowest BCUT2D eigenvalue weighted by Gasteiger charge is -2.26. The van der Waals surface area contributed by atoms with Crippen LogP contribution in [0, 0.1) is 5.92 Å². The molecule has 0 fully saturated rings. The fraction of sp³-hybridized carbons (Fsp3) is 0.700. The Bertz CT molecular complexity index is 238. The number of amidine groups is 1. The topological polar surface area (TPSA) is 24.4 Å². The molecule has 0 aromatic carbocycles. The van der Waals surface area contributed by atoms with Gasteiger partial charge in [-0.3, -0.25) is 4.99 Å². The average molecular weight is 166 g/mol. The van der Waals surface area contributed by atoms with Crippen molar-refractivity contribution < 1.29 is 0 Å². The van der Waals surface area contributed by atoms with Crippen LogP contribution in [0.25, 0.3) is 0 Å². The van der Waals surface area contributed by atoms with Gasteiger partial charge in [-0.2, -0.15) is 0 Å². The molecule has 2 heteroatoms. The highest BCUT2D eigenvalue weighted by molar-refractivity contribution is 5.99. The van der Waals surface area contributed by atoms with Crippen molar-refractivity contribution in [2.45, 2.75) is 33.7 Å². The van der Waals surface area contributed by atoms with Crippen LogP contribution in [-0.4, -0.2) is 18.9 Å². The van der Waals surface area contributed by atoms with Gasteiger partial charge in [0, 0.05) is 7.05 Å². The first kappa shape index (κ1) is 9.30. The Hall–Kier alpha value is -0.790. The van der Waals surface area contributed by atoms with Crippen molar-refractivity contribution in [3.63, 3.8) is 0 Å². The zero-order valence-electron chi connectivity index (χ0n) is 8.60. The number of nitrogens with one attached hydrogen (secondary N) is 1. The van der Waals surface area contributed by atoms with Crippen LogP contribution in [-0.2, 0) is 0 Å².